The summed E-state index contributed by atoms with van der Waals surface area (Å²) in [7, 11) is 0. The maximum absolute atomic E-state index is 12.0. The predicted octanol–water partition coefficient (Wildman–Crippen LogP) is 3.59. The van der Waals surface area contributed by atoms with Crippen LogP contribution >= 0.6 is 0 Å². The number of nitrogens with one attached hydrogen (secondary N) is 1. The lowest BCUT2D eigenvalue weighted by Crippen LogP contribution is -2.31. The lowest BCUT2D eigenvalue weighted by molar-refractivity contribution is -0.124. The van der Waals surface area contributed by atoms with Crippen LogP contribution in [0.4, 0.5) is 0 Å². The molecule has 0 saturated heterocycles. The van der Waals surface area contributed by atoms with Gasteiger partial charge in [-0.3, -0.25) is 4.79 Å². The molecule has 0 bridgehead atoms. The van der Waals surface area contributed by atoms with Crippen molar-refractivity contribution in [2.45, 2.75) is 33.2 Å². The molecule has 0 radical (unpaired) electrons. The Kier molecular flexibility index (Phi) is 6.13. The third kappa shape index (κ3) is 4.95. The molecule has 126 valence electrons. The number of carbonyl (C=O) groups excluding carboxylic acids is 2. The lowest BCUT2D eigenvalue weighted by Gasteiger charge is -2.15. The van der Waals surface area contributed by atoms with Crippen molar-refractivity contribution in [1.82, 2.24) is 5.32 Å². The van der Waals surface area contributed by atoms with Crippen LogP contribution in [0.3, 0.4) is 0 Å². The summed E-state index contributed by atoms with van der Waals surface area (Å²) in [6.45, 7) is 5.61. The fourth-order valence-electron chi connectivity index (χ4n) is 2.39. The quantitative estimate of drug-likeness (QED) is 0.826. The van der Waals surface area contributed by atoms with Crippen molar-refractivity contribution >= 4 is 11.9 Å². The molecule has 2 aromatic rings. The minimum Gasteiger partial charge on any atom is -0.452 e. The van der Waals surface area contributed by atoms with Crippen LogP contribution in [0.25, 0.3) is 0 Å². The highest BCUT2D eigenvalue weighted by Gasteiger charge is 2.13. The maximum Gasteiger partial charge on any atom is 0.338 e. The molecule has 0 fully saturated rings. The second kappa shape index (κ2) is 8.29. The molecule has 2 aromatic carbocycles. The van der Waals surface area contributed by atoms with Gasteiger partial charge in [-0.15, -0.1) is 0 Å². The molecule has 0 spiro atoms. The van der Waals surface area contributed by atoms with Gasteiger partial charge in [-0.1, -0.05) is 48.9 Å². The topological polar surface area (TPSA) is 55.4 Å². The van der Waals surface area contributed by atoms with Crippen molar-refractivity contribution in [1.29, 1.82) is 0 Å². The van der Waals surface area contributed by atoms with Gasteiger partial charge in [0.2, 0.25) is 0 Å². The summed E-state index contributed by atoms with van der Waals surface area (Å²) in [5, 5.41) is 2.84. The first-order valence-corrected chi connectivity index (χ1v) is 8.11. The SMILES string of the molecule is CCc1ccc([C@H](C)NC(=O)COC(=O)c2cccc(C)c2)cc1. The molecule has 0 saturated carbocycles. The number of aryl methyl sites for hydroxylation is 2. The molecule has 2 rings (SSSR count). The zero-order valence-corrected chi connectivity index (χ0v) is 14.3. The van der Waals surface area contributed by atoms with E-state index in [1.54, 1.807) is 18.2 Å². The van der Waals surface area contributed by atoms with Crippen LogP contribution in [-0.2, 0) is 16.0 Å². The lowest BCUT2D eigenvalue weighted by atomic mass is 10.1. The summed E-state index contributed by atoms with van der Waals surface area (Å²) in [5.41, 5.74) is 3.69. The number of hydrogen-bond donors (Lipinski definition) is 1. The molecule has 1 atom stereocenters. The Labute approximate surface area is 142 Å². The number of hydrogen-bond acceptors (Lipinski definition) is 3. The Morgan fingerprint density at radius 1 is 1.12 bits per heavy atom. The van der Waals surface area contributed by atoms with Crippen LogP contribution < -0.4 is 5.32 Å². The fourth-order valence-corrected chi connectivity index (χ4v) is 2.39. The summed E-state index contributed by atoms with van der Waals surface area (Å²) < 4.78 is 5.07. The number of amides is 1. The molecule has 4 nitrogen and oxygen atoms in total. The maximum atomic E-state index is 12.0. The second-order valence-electron chi connectivity index (χ2n) is 5.83. The standard InChI is InChI=1S/C20H23NO3/c1-4-16-8-10-17(11-9-16)15(3)21-19(22)13-24-20(23)18-7-5-6-14(2)12-18/h5-12,15H,4,13H2,1-3H3,(H,21,22)/t15-/m0/s1. The zero-order valence-electron chi connectivity index (χ0n) is 14.3. The summed E-state index contributed by atoms with van der Waals surface area (Å²) in [4.78, 5) is 23.9. The van der Waals surface area contributed by atoms with E-state index >= 15 is 0 Å². The van der Waals surface area contributed by atoms with Crippen LogP contribution in [0.2, 0.25) is 0 Å². The molecule has 0 aliphatic rings. The normalized spacial score (nSPS) is 11.6. The van der Waals surface area contributed by atoms with Crippen molar-refractivity contribution in [3.05, 3.63) is 70.8 Å². The monoisotopic (exact) mass is 325 g/mol. The van der Waals surface area contributed by atoms with Gasteiger partial charge in [-0.05, 0) is 43.5 Å². The number of esters is 1. The molecule has 0 aromatic heterocycles. The van der Waals surface area contributed by atoms with Crippen molar-refractivity contribution in [3.63, 3.8) is 0 Å². The number of benzene rings is 2. The molecule has 0 heterocycles. The molecule has 24 heavy (non-hydrogen) atoms. The number of ether oxygens (including phenoxy) is 1. The first-order chi connectivity index (χ1) is 11.5. The third-order valence-corrected chi connectivity index (χ3v) is 3.85. The summed E-state index contributed by atoms with van der Waals surface area (Å²) >= 11 is 0. The van der Waals surface area contributed by atoms with Gasteiger partial charge in [0.15, 0.2) is 6.61 Å². The van der Waals surface area contributed by atoms with Gasteiger partial charge in [0.25, 0.3) is 5.91 Å². The van der Waals surface area contributed by atoms with E-state index in [9.17, 15) is 9.59 Å². The van der Waals surface area contributed by atoms with E-state index < -0.39 is 5.97 Å². The molecule has 0 aliphatic heterocycles. The molecular formula is C20H23NO3. The average Bonchev–Trinajstić information content (AvgIpc) is 2.59. The van der Waals surface area contributed by atoms with Crippen molar-refractivity contribution in [2.24, 2.45) is 0 Å². The van der Waals surface area contributed by atoms with Gasteiger partial charge < -0.3 is 10.1 Å². The average molecular weight is 325 g/mol. The van der Waals surface area contributed by atoms with Crippen molar-refractivity contribution in [2.75, 3.05) is 6.61 Å². The smallest absolute Gasteiger partial charge is 0.338 e. The Morgan fingerprint density at radius 3 is 2.46 bits per heavy atom. The third-order valence-electron chi connectivity index (χ3n) is 3.85. The molecule has 0 aliphatic carbocycles. The van der Waals surface area contributed by atoms with E-state index in [-0.39, 0.29) is 18.6 Å². The van der Waals surface area contributed by atoms with Gasteiger partial charge in [-0.25, -0.2) is 4.79 Å². The first-order valence-electron chi connectivity index (χ1n) is 8.11. The van der Waals surface area contributed by atoms with Gasteiger partial charge in [0, 0.05) is 0 Å². The molecule has 1 N–H and O–H groups in total. The minimum atomic E-state index is -0.492. The molecule has 4 heteroatoms. The van der Waals surface area contributed by atoms with Gasteiger partial charge in [0.05, 0.1) is 11.6 Å². The highest BCUT2D eigenvalue weighted by Crippen LogP contribution is 2.13. The Hall–Kier alpha value is -2.62. The Bertz CT molecular complexity index is 707. The highest BCUT2D eigenvalue weighted by molar-refractivity contribution is 5.91. The fraction of sp³-hybridized carbons (Fsp3) is 0.300. The van der Waals surface area contributed by atoms with Crippen LogP contribution in [-0.4, -0.2) is 18.5 Å². The van der Waals surface area contributed by atoms with E-state index in [1.165, 1.54) is 5.56 Å². The van der Waals surface area contributed by atoms with E-state index in [2.05, 4.69) is 24.4 Å². The van der Waals surface area contributed by atoms with E-state index in [1.807, 2.05) is 32.0 Å². The van der Waals surface area contributed by atoms with Crippen LogP contribution in [0, 0.1) is 6.92 Å². The van der Waals surface area contributed by atoms with Crippen molar-refractivity contribution in [3.8, 4) is 0 Å². The summed E-state index contributed by atoms with van der Waals surface area (Å²) in [5.74, 6) is -0.808. The van der Waals surface area contributed by atoms with Gasteiger partial charge in [-0.2, -0.15) is 0 Å². The summed E-state index contributed by atoms with van der Waals surface area (Å²) in [6, 6.07) is 15.1. The highest BCUT2D eigenvalue weighted by atomic mass is 16.5. The Balaban J connectivity index is 1.85. The molecular weight excluding hydrogens is 302 g/mol. The first kappa shape index (κ1) is 17.7. The van der Waals surface area contributed by atoms with E-state index in [0.29, 0.717) is 5.56 Å². The summed E-state index contributed by atoms with van der Waals surface area (Å²) in [6.07, 6.45) is 0.982. The van der Waals surface area contributed by atoms with Crippen molar-refractivity contribution < 1.29 is 14.3 Å². The second-order valence-corrected chi connectivity index (χ2v) is 5.83. The molecule has 1 amide bonds. The van der Waals surface area contributed by atoms with Crippen LogP contribution in [0.15, 0.2) is 48.5 Å². The minimum absolute atomic E-state index is 0.138. The van der Waals surface area contributed by atoms with E-state index in [0.717, 1.165) is 17.5 Å². The predicted molar refractivity (Wildman–Crippen MR) is 93.8 cm³/mol. The number of carbonyl (C=O) groups is 2. The zero-order chi connectivity index (χ0) is 17.5. The van der Waals surface area contributed by atoms with Crippen LogP contribution in [0.1, 0.15) is 46.9 Å². The van der Waals surface area contributed by atoms with Gasteiger partial charge >= 0.3 is 5.97 Å². The van der Waals surface area contributed by atoms with Crippen LogP contribution in [0.5, 0.6) is 0 Å². The van der Waals surface area contributed by atoms with Gasteiger partial charge in [0.1, 0.15) is 0 Å². The number of rotatable bonds is 6. The largest absolute Gasteiger partial charge is 0.452 e. The molecule has 0 unspecified atom stereocenters. The Morgan fingerprint density at radius 2 is 1.83 bits per heavy atom. The van der Waals surface area contributed by atoms with E-state index in [4.69, 9.17) is 4.74 Å².